The monoisotopic (exact) mass is 276 g/mol. The molecule has 82 valence electrons. The van der Waals surface area contributed by atoms with Crippen molar-refractivity contribution in [1.29, 1.82) is 5.26 Å². The molecule has 0 saturated carbocycles. The predicted octanol–water partition coefficient (Wildman–Crippen LogP) is 3.84. The first-order valence-corrected chi connectivity index (χ1v) is 6.20. The van der Waals surface area contributed by atoms with Crippen LogP contribution in [0.25, 0.3) is 0 Å². The molecule has 0 heterocycles. The van der Waals surface area contributed by atoms with Gasteiger partial charge in [-0.1, -0.05) is 28.1 Å². The average Bonchev–Trinajstić information content (AvgIpc) is 2.31. The van der Waals surface area contributed by atoms with Crippen LogP contribution in [0.15, 0.2) is 34.8 Å². The van der Waals surface area contributed by atoms with Gasteiger partial charge in [0, 0.05) is 10.5 Å². The normalized spacial score (nSPS) is 19.1. The fraction of sp³-hybridized carbons (Fsp3) is 0.308. The number of hydrogen-bond donors (Lipinski definition) is 1. The minimum atomic E-state index is 0.450. The van der Waals surface area contributed by atoms with E-state index in [2.05, 4.69) is 39.5 Å². The Bertz CT molecular complexity index is 446. The van der Waals surface area contributed by atoms with Crippen molar-refractivity contribution >= 4 is 21.6 Å². The third kappa shape index (κ3) is 2.65. The van der Waals surface area contributed by atoms with E-state index in [-0.39, 0.29) is 0 Å². The molecule has 2 rings (SSSR count). The van der Waals surface area contributed by atoms with E-state index in [0.717, 1.165) is 29.4 Å². The van der Waals surface area contributed by atoms with Crippen molar-refractivity contribution in [2.24, 2.45) is 0 Å². The average molecular weight is 277 g/mol. The summed E-state index contributed by atoms with van der Waals surface area (Å²) in [6.07, 6.45) is 7.70. The fourth-order valence-corrected chi connectivity index (χ4v) is 2.24. The number of nitriles is 1. The Morgan fingerprint density at radius 1 is 1.38 bits per heavy atom. The lowest BCUT2D eigenvalue weighted by atomic mass is 10.0. The molecule has 0 aromatic heterocycles. The smallest absolute Gasteiger partial charge is 0.101 e. The topological polar surface area (TPSA) is 35.8 Å². The van der Waals surface area contributed by atoms with Crippen molar-refractivity contribution in [3.05, 3.63) is 40.4 Å². The number of benzene rings is 1. The maximum absolute atomic E-state index is 9.02. The first kappa shape index (κ1) is 11.2. The lowest BCUT2D eigenvalue weighted by Crippen LogP contribution is -2.20. The van der Waals surface area contributed by atoms with Gasteiger partial charge in [-0.05, 0) is 37.5 Å². The van der Waals surface area contributed by atoms with Gasteiger partial charge in [-0.2, -0.15) is 5.26 Å². The third-order valence-electron chi connectivity index (χ3n) is 2.73. The van der Waals surface area contributed by atoms with E-state index >= 15 is 0 Å². The van der Waals surface area contributed by atoms with Crippen molar-refractivity contribution < 1.29 is 0 Å². The summed E-state index contributed by atoms with van der Waals surface area (Å²) in [7, 11) is 0. The second-order valence-corrected chi connectivity index (χ2v) is 4.84. The Morgan fingerprint density at radius 2 is 2.25 bits per heavy atom. The zero-order chi connectivity index (χ0) is 11.4. The second kappa shape index (κ2) is 5.18. The van der Waals surface area contributed by atoms with Crippen LogP contribution in [0.4, 0.5) is 5.69 Å². The molecule has 1 aromatic carbocycles. The van der Waals surface area contributed by atoms with Crippen molar-refractivity contribution in [3.63, 3.8) is 0 Å². The number of hydrogen-bond acceptors (Lipinski definition) is 2. The van der Waals surface area contributed by atoms with E-state index in [9.17, 15) is 0 Å². The summed E-state index contributed by atoms with van der Waals surface area (Å²) < 4.78 is 1.00. The Kier molecular flexibility index (Phi) is 3.63. The number of anilines is 1. The zero-order valence-corrected chi connectivity index (χ0v) is 10.5. The predicted molar refractivity (Wildman–Crippen MR) is 69.3 cm³/mol. The molecule has 16 heavy (non-hydrogen) atoms. The lowest BCUT2D eigenvalue weighted by molar-refractivity contribution is 0.644. The summed E-state index contributed by atoms with van der Waals surface area (Å²) >= 11 is 3.43. The standard InChI is InChI=1S/C13H13BrN2/c14-11-7-6-10(9-15)13(8-11)16-12-4-2-1-3-5-12/h1-2,6-8,12,16H,3-5H2. The number of allylic oxidation sites excluding steroid dienone is 1. The maximum Gasteiger partial charge on any atom is 0.101 e. The van der Waals surface area contributed by atoms with Gasteiger partial charge in [-0.15, -0.1) is 0 Å². The first-order chi connectivity index (χ1) is 7.79. The maximum atomic E-state index is 9.02. The zero-order valence-electron chi connectivity index (χ0n) is 8.91. The number of rotatable bonds is 2. The molecule has 1 N–H and O–H groups in total. The van der Waals surface area contributed by atoms with Crippen LogP contribution in [0, 0.1) is 11.3 Å². The van der Waals surface area contributed by atoms with Gasteiger partial charge in [0.05, 0.1) is 11.3 Å². The highest BCUT2D eigenvalue weighted by molar-refractivity contribution is 9.10. The molecule has 0 bridgehead atoms. The van der Waals surface area contributed by atoms with Crippen LogP contribution in [0.3, 0.4) is 0 Å². The van der Waals surface area contributed by atoms with Crippen LogP contribution in [-0.2, 0) is 0 Å². The molecule has 1 aromatic rings. The summed E-state index contributed by atoms with van der Waals surface area (Å²) in [4.78, 5) is 0. The number of nitrogens with zero attached hydrogens (tertiary/aromatic N) is 1. The molecule has 0 radical (unpaired) electrons. The van der Waals surface area contributed by atoms with E-state index in [1.165, 1.54) is 0 Å². The highest BCUT2D eigenvalue weighted by Gasteiger charge is 2.11. The number of halogens is 1. The van der Waals surface area contributed by atoms with E-state index in [4.69, 9.17) is 5.26 Å². The summed E-state index contributed by atoms with van der Waals surface area (Å²) in [6.45, 7) is 0. The summed E-state index contributed by atoms with van der Waals surface area (Å²) in [5.74, 6) is 0. The van der Waals surface area contributed by atoms with E-state index < -0.39 is 0 Å². The van der Waals surface area contributed by atoms with Crippen molar-refractivity contribution in [1.82, 2.24) is 0 Å². The van der Waals surface area contributed by atoms with Gasteiger partial charge in [0.1, 0.15) is 6.07 Å². The third-order valence-corrected chi connectivity index (χ3v) is 3.22. The molecular formula is C13H13BrN2. The quantitative estimate of drug-likeness (QED) is 0.834. The van der Waals surface area contributed by atoms with Crippen LogP contribution < -0.4 is 5.32 Å². The molecule has 0 aliphatic heterocycles. The van der Waals surface area contributed by atoms with Gasteiger partial charge in [0.15, 0.2) is 0 Å². The van der Waals surface area contributed by atoms with Crippen LogP contribution >= 0.6 is 15.9 Å². The fourth-order valence-electron chi connectivity index (χ4n) is 1.88. The van der Waals surface area contributed by atoms with Gasteiger partial charge in [0.2, 0.25) is 0 Å². The van der Waals surface area contributed by atoms with Crippen molar-refractivity contribution in [2.45, 2.75) is 25.3 Å². The molecule has 1 atom stereocenters. The lowest BCUT2D eigenvalue weighted by Gasteiger charge is -2.21. The molecular weight excluding hydrogens is 264 g/mol. The van der Waals surface area contributed by atoms with Gasteiger partial charge in [0.25, 0.3) is 0 Å². The SMILES string of the molecule is N#Cc1ccc(Br)cc1NC1CC=CCC1. The molecule has 1 unspecified atom stereocenters. The largest absolute Gasteiger partial charge is 0.381 e. The van der Waals surface area contributed by atoms with Gasteiger partial charge < -0.3 is 5.32 Å². The molecule has 0 spiro atoms. The van der Waals surface area contributed by atoms with Crippen LogP contribution in [0.1, 0.15) is 24.8 Å². The van der Waals surface area contributed by atoms with Crippen LogP contribution in [-0.4, -0.2) is 6.04 Å². The molecule has 0 amide bonds. The molecule has 2 nitrogen and oxygen atoms in total. The Morgan fingerprint density at radius 3 is 2.94 bits per heavy atom. The molecule has 0 fully saturated rings. The summed E-state index contributed by atoms with van der Waals surface area (Å²) in [6, 6.07) is 8.36. The van der Waals surface area contributed by atoms with Crippen LogP contribution in [0.2, 0.25) is 0 Å². The Balaban J connectivity index is 2.16. The molecule has 1 aliphatic carbocycles. The molecule has 0 saturated heterocycles. The van der Waals surface area contributed by atoms with Crippen molar-refractivity contribution in [2.75, 3.05) is 5.32 Å². The van der Waals surface area contributed by atoms with E-state index in [0.29, 0.717) is 11.6 Å². The minimum Gasteiger partial charge on any atom is -0.381 e. The molecule has 3 heteroatoms. The highest BCUT2D eigenvalue weighted by Crippen LogP contribution is 2.24. The van der Waals surface area contributed by atoms with Crippen molar-refractivity contribution in [3.8, 4) is 6.07 Å². The Labute approximate surface area is 104 Å². The van der Waals surface area contributed by atoms with Crippen LogP contribution in [0.5, 0.6) is 0 Å². The Hall–Kier alpha value is -1.27. The minimum absolute atomic E-state index is 0.450. The summed E-state index contributed by atoms with van der Waals surface area (Å²) in [5.41, 5.74) is 1.63. The number of nitrogens with one attached hydrogen (secondary N) is 1. The first-order valence-electron chi connectivity index (χ1n) is 5.41. The highest BCUT2D eigenvalue weighted by atomic mass is 79.9. The van der Waals surface area contributed by atoms with E-state index in [1.54, 1.807) is 0 Å². The summed E-state index contributed by atoms with van der Waals surface area (Å²) in [5, 5.41) is 12.5. The second-order valence-electron chi connectivity index (χ2n) is 3.93. The van der Waals surface area contributed by atoms with E-state index in [1.807, 2.05) is 18.2 Å². The van der Waals surface area contributed by atoms with Gasteiger partial charge in [-0.3, -0.25) is 0 Å². The molecule has 1 aliphatic rings. The van der Waals surface area contributed by atoms with Gasteiger partial charge >= 0.3 is 0 Å². The van der Waals surface area contributed by atoms with Gasteiger partial charge in [-0.25, -0.2) is 0 Å².